The van der Waals surface area contributed by atoms with Gasteiger partial charge in [-0.2, -0.15) is 0 Å². The van der Waals surface area contributed by atoms with Crippen LogP contribution in [0, 0.1) is 10.1 Å². The molecule has 0 aliphatic rings. The lowest BCUT2D eigenvalue weighted by molar-refractivity contribution is -0.386. The van der Waals surface area contributed by atoms with Gasteiger partial charge in [0.15, 0.2) is 0 Å². The summed E-state index contributed by atoms with van der Waals surface area (Å²) in [5, 5.41) is 13.9. The zero-order valence-corrected chi connectivity index (χ0v) is 11.8. The number of halogens is 1. The van der Waals surface area contributed by atoms with Gasteiger partial charge in [-0.25, -0.2) is 0 Å². The van der Waals surface area contributed by atoms with Crippen molar-refractivity contribution in [3.63, 3.8) is 0 Å². The molecule has 0 aromatic carbocycles. The molecule has 6 nitrogen and oxygen atoms in total. The van der Waals surface area contributed by atoms with Gasteiger partial charge in [-0.3, -0.25) is 14.9 Å². The zero-order chi connectivity index (χ0) is 13.5. The van der Waals surface area contributed by atoms with E-state index >= 15 is 0 Å². The molecule has 18 heavy (non-hydrogen) atoms. The first-order valence-electron chi connectivity index (χ1n) is 5.81. The summed E-state index contributed by atoms with van der Waals surface area (Å²) in [5.41, 5.74) is -0.980. The molecule has 1 N–H and O–H groups in total. The zero-order valence-electron chi connectivity index (χ0n) is 10.2. The molecule has 1 heterocycles. The van der Waals surface area contributed by atoms with Crippen LogP contribution in [0.3, 0.4) is 0 Å². The Bertz CT molecular complexity index is 473. The fourth-order valence-corrected chi connectivity index (χ4v) is 1.99. The topological polar surface area (TPSA) is 77.2 Å². The highest BCUT2D eigenvalue weighted by Crippen LogP contribution is 2.11. The SMILES string of the molecule is CCCNCCCn1cc(Br)c(=O)c([N+](=O)[O-])c1. The fourth-order valence-electron chi connectivity index (χ4n) is 1.53. The molecular formula is C11H16BrN3O3. The number of aryl methyl sites for hydroxylation is 1. The Hall–Kier alpha value is -1.21. The Kier molecular flexibility index (Phi) is 6.00. The van der Waals surface area contributed by atoms with E-state index in [1.165, 1.54) is 6.20 Å². The predicted molar refractivity (Wildman–Crippen MR) is 72.8 cm³/mol. The minimum absolute atomic E-state index is 0.221. The molecule has 7 heteroatoms. The number of aromatic nitrogens is 1. The number of nitrogens with one attached hydrogen (secondary N) is 1. The van der Waals surface area contributed by atoms with Crippen LogP contribution in [0.25, 0.3) is 0 Å². The van der Waals surface area contributed by atoms with E-state index in [0.29, 0.717) is 6.54 Å². The maximum absolute atomic E-state index is 11.5. The fraction of sp³-hybridized carbons (Fsp3) is 0.545. The number of nitrogens with zero attached hydrogens (tertiary/aromatic N) is 2. The van der Waals surface area contributed by atoms with Gasteiger partial charge in [0.25, 0.3) is 5.43 Å². The van der Waals surface area contributed by atoms with Crippen molar-refractivity contribution in [3.05, 3.63) is 37.2 Å². The number of rotatable bonds is 7. The first-order valence-corrected chi connectivity index (χ1v) is 6.60. The first kappa shape index (κ1) is 14.8. The van der Waals surface area contributed by atoms with Gasteiger partial charge in [0, 0.05) is 12.7 Å². The Labute approximate surface area is 113 Å². The van der Waals surface area contributed by atoms with Crippen molar-refractivity contribution in [2.45, 2.75) is 26.3 Å². The summed E-state index contributed by atoms with van der Waals surface area (Å²) in [4.78, 5) is 21.5. The van der Waals surface area contributed by atoms with Crippen molar-refractivity contribution in [2.24, 2.45) is 0 Å². The average Bonchev–Trinajstić information content (AvgIpc) is 2.32. The molecule has 1 aromatic rings. The normalized spacial score (nSPS) is 10.6. The second-order valence-corrected chi connectivity index (χ2v) is 4.77. The van der Waals surface area contributed by atoms with E-state index in [-0.39, 0.29) is 4.47 Å². The van der Waals surface area contributed by atoms with Crippen molar-refractivity contribution in [3.8, 4) is 0 Å². The van der Waals surface area contributed by atoms with Crippen LogP contribution < -0.4 is 10.7 Å². The first-order chi connectivity index (χ1) is 8.56. The Morgan fingerprint density at radius 2 is 2.17 bits per heavy atom. The lowest BCUT2D eigenvalue weighted by Crippen LogP contribution is -2.18. The van der Waals surface area contributed by atoms with Gasteiger partial charge in [-0.15, -0.1) is 0 Å². The number of hydrogen-bond donors (Lipinski definition) is 1. The summed E-state index contributed by atoms with van der Waals surface area (Å²) in [7, 11) is 0. The van der Waals surface area contributed by atoms with E-state index in [1.807, 2.05) is 0 Å². The number of pyridine rings is 1. The quantitative estimate of drug-likeness (QED) is 0.473. The van der Waals surface area contributed by atoms with Crippen molar-refractivity contribution < 1.29 is 4.92 Å². The van der Waals surface area contributed by atoms with Gasteiger partial charge in [-0.1, -0.05) is 6.92 Å². The molecular weight excluding hydrogens is 302 g/mol. The highest BCUT2D eigenvalue weighted by molar-refractivity contribution is 9.10. The van der Waals surface area contributed by atoms with Crippen molar-refractivity contribution >= 4 is 21.6 Å². The molecule has 0 bridgehead atoms. The minimum Gasteiger partial charge on any atom is -0.347 e. The molecule has 0 aliphatic carbocycles. The molecule has 1 rings (SSSR count). The van der Waals surface area contributed by atoms with Crippen LogP contribution in [0.5, 0.6) is 0 Å². The van der Waals surface area contributed by atoms with Crippen LogP contribution >= 0.6 is 15.9 Å². The molecule has 0 fully saturated rings. The van der Waals surface area contributed by atoms with Gasteiger partial charge in [0.1, 0.15) is 0 Å². The molecule has 0 atom stereocenters. The summed E-state index contributed by atoms with van der Waals surface area (Å²) in [6, 6.07) is 0. The third-order valence-corrected chi connectivity index (χ3v) is 2.98. The molecule has 100 valence electrons. The summed E-state index contributed by atoms with van der Waals surface area (Å²) in [5.74, 6) is 0. The largest absolute Gasteiger partial charge is 0.347 e. The molecule has 0 unspecified atom stereocenters. The maximum Gasteiger partial charge on any atom is 0.333 e. The second-order valence-electron chi connectivity index (χ2n) is 3.92. The standard InChI is InChI=1S/C11H16BrN3O3/c1-2-4-13-5-3-6-14-7-9(12)11(16)10(8-14)15(17)18/h7-8,13H,2-6H2,1H3. The van der Waals surface area contributed by atoms with Crippen LogP contribution in [0.1, 0.15) is 19.8 Å². The van der Waals surface area contributed by atoms with Crippen LogP contribution in [0.4, 0.5) is 5.69 Å². The molecule has 0 radical (unpaired) electrons. The minimum atomic E-state index is -0.654. The monoisotopic (exact) mass is 317 g/mol. The third kappa shape index (κ3) is 4.23. The smallest absolute Gasteiger partial charge is 0.333 e. The predicted octanol–water partition coefficient (Wildman–Crippen LogP) is 1.91. The van der Waals surface area contributed by atoms with Crippen molar-refractivity contribution in [2.75, 3.05) is 13.1 Å². The van der Waals surface area contributed by atoms with E-state index < -0.39 is 16.0 Å². The number of hydrogen-bond acceptors (Lipinski definition) is 4. The van der Waals surface area contributed by atoms with Crippen LogP contribution in [0.2, 0.25) is 0 Å². The summed E-state index contributed by atoms with van der Waals surface area (Å²) in [6.07, 6.45) is 4.80. The van der Waals surface area contributed by atoms with E-state index in [4.69, 9.17) is 0 Å². The van der Waals surface area contributed by atoms with Crippen LogP contribution in [-0.2, 0) is 6.54 Å². The molecule has 0 saturated carbocycles. The summed E-state index contributed by atoms with van der Waals surface area (Å²) in [6.45, 7) is 4.55. The number of nitro groups is 1. The van der Waals surface area contributed by atoms with E-state index in [9.17, 15) is 14.9 Å². The Morgan fingerprint density at radius 3 is 2.78 bits per heavy atom. The van der Waals surface area contributed by atoms with E-state index in [1.54, 1.807) is 10.8 Å². The van der Waals surface area contributed by atoms with Gasteiger partial charge in [-0.05, 0) is 41.9 Å². The van der Waals surface area contributed by atoms with Crippen LogP contribution in [-0.4, -0.2) is 22.6 Å². The van der Waals surface area contributed by atoms with E-state index in [0.717, 1.165) is 25.9 Å². The van der Waals surface area contributed by atoms with E-state index in [2.05, 4.69) is 28.2 Å². The maximum atomic E-state index is 11.5. The lowest BCUT2D eigenvalue weighted by atomic mass is 10.3. The highest BCUT2D eigenvalue weighted by atomic mass is 79.9. The molecule has 0 aliphatic heterocycles. The average molecular weight is 318 g/mol. The molecule has 0 amide bonds. The van der Waals surface area contributed by atoms with Crippen LogP contribution in [0.15, 0.2) is 21.7 Å². The Balaban J connectivity index is 2.67. The second kappa shape index (κ2) is 7.27. The Morgan fingerprint density at radius 1 is 1.44 bits per heavy atom. The van der Waals surface area contributed by atoms with Gasteiger partial charge >= 0.3 is 5.69 Å². The van der Waals surface area contributed by atoms with Crippen molar-refractivity contribution in [1.82, 2.24) is 9.88 Å². The molecule has 1 aromatic heterocycles. The molecule has 0 spiro atoms. The highest BCUT2D eigenvalue weighted by Gasteiger charge is 2.15. The van der Waals surface area contributed by atoms with Crippen molar-refractivity contribution in [1.29, 1.82) is 0 Å². The summed E-state index contributed by atoms with van der Waals surface area (Å²) < 4.78 is 1.88. The van der Waals surface area contributed by atoms with Gasteiger partial charge in [0.2, 0.25) is 0 Å². The third-order valence-electron chi connectivity index (χ3n) is 2.41. The molecule has 0 saturated heterocycles. The summed E-state index contributed by atoms with van der Waals surface area (Å²) >= 11 is 3.05. The lowest BCUT2D eigenvalue weighted by Gasteiger charge is -2.07. The van der Waals surface area contributed by atoms with Gasteiger partial charge in [0.05, 0.1) is 15.6 Å². The van der Waals surface area contributed by atoms with Gasteiger partial charge < -0.3 is 9.88 Å².